The van der Waals surface area contributed by atoms with E-state index in [9.17, 15) is 39.9 Å². The second-order valence-electron chi connectivity index (χ2n) is 8.56. The highest BCUT2D eigenvalue weighted by Gasteiger charge is 2.51. The first-order valence-electron chi connectivity index (χ1n) is 10.6. The van der Waals surface area contributed by atoms with Crippen LogP contribution in [0.1, 0.15) is 30.5 Å². The fraction of sp³-hybridized carbons (Fsp3) is 0.455. The minimum Gasteiger partial charge on any atom is -0.376 e. The Labute approximate surface area is 199 Å². The molecule has 2 aromatic carbocycles. The Bertz CT molecular complexity index is 1180. The van der Waals surface area contributed by atoms with Crippen LogP contribution < -0.4 is 10.6 Å². The van der Waals surface area contributed by atoms with Crippen LogP contribution in [0.3, 0.4) is 0 Å². The number of anilines is 1. The van der Waals surface area contributed by atoms with E-state index < -0.39 is 50.0 Å². The molecule has 2 atom stereocenters. The van der Waals surface area contributed by atoms with Gasteiger partial charge in [0.25, 0.3) is 0 Å². The standard InChI is InChI=1S/C22H25F6N3O3S/c1-14-13-30(19-7-6-15(12-29)10-18(19)21(23,24)25)8-9-31(14)35(33,34)17-5-3-4-16(11-17)20(2,32)22(26,27)28/h3-7,10-11,14,32H,8-9,12-13,29H2,1-2H3/t14-,20?/m1/s1. The molecule has 35 heavy (non-hydrogen) atoms. The van der Waals surface area contributed by atoms with Crippen molar-refractivity contribution in [3.05, 3.63) is 59.2 Å². The fourth-order valence-electron chi connectivity index (χ4n) is 3.99. The Balaban J connectivity index is 1.89. The molecule has 6 nitrogen and oxygen atoms in total. The van der Waals surface area contributed by atoms with Gasteiger partial charge in [-0.05, 0) is 49.2 Å². The number of nitrogens with zero attached hydrogens (tertiary/aromatic N) is 2. The summed E-state index contributed by atoms with van der Waals surface area (Å²) in [5, 5.41) is 9.92. The van der Waals surface area contributed by atoms with Crippen molar-refractivity contribution in [2.45, 2.75) is 49.3 Å². The van der Waals surface area contributed by atoms with Crippen LogP contribution in [-0.2, 0) is 28.3 Å². The van der Waals surface area contributed by atoms with Crippen molar-refractivity contribution in [3.63, 3.8) is 0 Å². The van der Waals surface area contributed by atoms with Crippen LogP contribution in [-0.4, -0.2) is 49.7 Å². The van der Waals surface area contributed by atoms with Gasteiger partial charge in [-0.1, -0.05) is 18.2 Å². The lowest BCUT2D eigenvalue weighted by atomic mass is 9.96. The smallest absolute Gasteiger partial charge is 0.376 e. The van der Waals surface area contributed by atoms with E-state index in [1.54, 1.807) is 0 Å². The minimum atomic E-state index is -5.04. The summed E-state index contributed by atoms with van der Waals surface area (Å²) in [6, 6.07) is 6.86. The predicted octanol–water partition coefficient (Wildman–Crippen LogP) is 3.83. The molecule has 1 saturated heterocycles. The number of sulfonamides is 1. The number of aliphatic hydroxyl groups is 1. The third-order valence-corrected chi connectivity index (χ3v) is 8.07. The van der Waals surface area contributed by atoms with E-state index in [0.29, 0.717) is 12.5 Å². The molecule has 0 saturated carbocycles. The molecule has 1 aliphatic rings. The van der Waals surface area contributed by atoms with Crippen molar-refractivity contribution >= 4 is 15.7 Å². The Morgan fingerprint density at radius 3 is 2.26 bits per heavy atom. The van der Waals surface area contributed by atoms with Gasteiger partial charge in [0.1, 0.15) is 0 Å². The molecule has 0 aromatic heterocycles. The van der Waals surface area contributed by atoms with Crippen LogP contribution in [0.2, 0.25) is 0 Å². The number of benzene rings is 2. The van der Waals surface area contributed by atoms with Gasteiger partial charge in [-0.2, -0.15) is 30.6 Å². The predicted molar refractivity (Wildman–Crippen MR) is 117 cm³/mol. The number of piperazine rings is 1. The molecule has 3 N–H and O–H groups in total. The molecule has 1 fully saturated rings. The highest BCUT2D eigenvalue weighted by molar-refractivity contribution is 7.89. The van der Waals surface area contributed by atoms with E-state index in [1.165, 1.54) is 24.0 Å². The molecule has 0 spiro atoms. The lowest BCUT2D eigenvalue weighted by Crippen LogP contribution is -2.54. The lowest BCUT2D eigenvalue weighted by Gasteiger charge is -2.41. The van der Waals surface area contributed by atoms with Gasteiger partial charge >= 0.3 is 12.4 Å². The van der Waals surface area contributed by atoms with Crippen LogP contribution >= 0.6 is 0 Å². The number of nitrogens with two attached hydrogens (primary N) is 1. The molecule has 0 bridgehead atoms. The number of hydrogen-bond donors (Lipinski definition) is 2. The molecule has 1 unspecified atom stereocenters. The molecule has 13 heteroatoms. The highest BCUT2D eigenvalue weighted by Crippen LogP contribution is 2.40. The lowest BCUT2D eigenvalue weighted by molar-refractivity contribution is -0.258. The summed E-state index contributed by atoms with van der Waals surface area (Å²) in [5.41, 5.74) is 0.849. The van der Waals surface area contributed by atoms with Crippen LogP contribution in [0, 0.1) is 0 Å². The van der Waals surface area contributed by atoms with Crippen molar-refractivity contribution in [2.75, 3.05) is 24.5 Å². The zero-order valence-electron chi connectivity index (χ0n) is 18.9. The number of rotatable bonds is 5. The second kappa shape index (κ2) is 9.26. The van der Waals surface area contributed by atoms with Gasteiger partial charge in [-0.15, -0.1) is 0 Å². The third-order valence-electron chi connectivity index (χ3n) is 6.06. The first-order valence-corrected chi connectivity index (χ1v) is 12.0. The van der Waals surface area contributed by atoms with Crippen LogP contribution in [0.15, 0.2) is 47.4 Å². The van der Waals surface area contributed by atoms with Gasteiger partial charge in [0.2, 0.25) is 10.0 Å². The van der Waals surface area contributed by atoms with Gasteiger partial charge in [0, 0.05) is 37.9 Å². The second-order valence-corrected chi connectivity index (χ2v) is 10.5. The first kappa shape index (κ1) is 27.2. The maximum atomic E-state index is 13.6. The van der Waals surface area contributed by atoms with E-state index in [4.69, 9.17) is 5.73 Å². The van der Waals surface area contributed by atoms with Gasteiger partial charge < -0.3 is 15.7 Å². The van der Waals surface area contributed by atoms with Crippen LogP contribution in [0.4, 0.5) is 32.0 Å². The quantitative estimate of drug-likeness (QED) is 0.580. The normalized spacial score (nSPS) is 20.1. The number of alkyl halides is 6. The summed E-state index contributed by atoms with van der Waals surface area (Å²) < 4.78 is 108. The average Bonchev–Trinajstić information content (AvgIpc) is 2.77. The largest absolute Gasteiger partial charge is 0.421 e. The Hall–Kier alpha value is -2.35. The number of hydrogen-bond acceptors (Lipinski definition) is 5. The van der Waals surface area contributed by atoms with Gasteiger partial charge in [0.15, 0.2) is 5.60 Å². The van der Waals surface area contributed by atoms with Crippen molar-refractivity contribution in [3.8, 4) is 0 Å². The summed E-state index contributed by atoms with van der Waals surface area (Å²) in [6.45, 7) is 1.60. The van der Waals surface area contributed by atoms with E-state index in [-0.39, 0.29) is 31.9 Å². The van der Waals surface area contributed by atoms with Gasteiger partial charge in [-0.25, -0.2) is 8.42 Å². The van der Waals surface area contributed by atoms with Gasteiger partial charge in [-0.3, -0.25) is 0 Å². The molecular weight excluding hydrogens is 500 g/mol. The molecule has 194 valence electrons. The van der Waals surface area contributed by atoms with Crippen molar-refractivity contribution in [1.29, 1.82) is 0 Å². The third kappa shape index (κ3) is 5.27. The average molecular weight is 526 g/mol. The number of halogens is 6. The van der Waals surface area contributed by atoms with E-state index in [0.717, 1.165) is 34.6 Å². The highest BCUT2D eigenvalue weighted by atomic mass is 32.2. The minimum absolute atomic E-state index is 0.0748. The fourth-order valence-corrected chi connectivity index (χ4v) is 5.65. The van der Waals surface area contributed by atoms with E-state index in [1.807, 2.05) is 0 Å². The SMILES string of the molecule is C[C@@H]1CN(c2ccc(CN)cc2C(F)(F)F)CCN1S(=O)(=O)c1cccc(C(C)(O)C(F)(F)F)c1. The Kier molecular flexibility index (Phi) is 7.21. The van der Waals surface area contributed by atoms with E-state index >= 15 is 0 Å². The van der Waals surface area contributed by atoms with Crippen molar-refractivity contribution in [2.24, 2.45) is 5.73 Å². The van der Waals surface area contributed by atoms with Gasteiger partial charge in [0.05, 0.1) is 10.5 Å². The molecule has 2 aromatic rings. The maximum absolute atomic E-state index is 13.6. The van der Waals surface area contributed by atoms with Crippen molar-refractivity contribution < 1.29 is 39.9 Å². The first-order chi connectivity index (χ1) is 16.0. The molecule has 0 amide bonds. The topological polar surface area (TPSA) is 86.9 Å². The zero-order chi connectivity index (χ0) is 26.4. The summed E-state index contributed by atoms with van der Waals surface area (Å²) in [4.78, 5) is 0.966. The maximum Gasteiger partial charge on any atom is 0.421 e. The molecule has 0 aliphatic carbocycles. The summed E-state index contributed by atoms with van der Waals surface area (Å²) >= 11 is 0. The Morgan fingerprint density at radius 2 is 1.71 bits per heavy atom. The Morgan fingerprint density at radius 1 is 1.06 bits per heavy atom. The molecule has 1 heterocycles. The summed E-state index contributed by atoms with van der Waals surface area (Å²) in [7, 11) is -4.30. The van der Waals surface area contributed by atoms with Crippen LogP contribution in [0.5, 0.6) is 0 Å². The monoisotopic (exact) mass is 525 g/mol. The van der Waals surface area contributed by atoms with Crippen molar-refractivity contribution in [1.82, 2.24) is 4.31 Å². The zero-order valence-corrected chi connectivity index (χ0v) is 19.7. The molecule has 1 aliphatic heterocycles. The van der Waals surface area contributed by atoms with Crippen LogP contribution in [0.25, 0.3) is 0 Å². The summed E-state index contributed by atoms with van der Waals surface area (Å²) in [6.07, 6.45) is -9.69. The van der Waals surface area contributed by atoms with E-state index in [2.05, 4.69) is 0 Å². The molecule has 3 rings (SSSR count). The molecular formula is C22H25F6N3O3S. The summed E-state index contributed by atoms with van der Waals surface area (Å²) in [5.74, 6) is 0. The molecule has 0 radical (unpaired) electrons.